The van der Waals surface area contributed by atoms with Gasteiger partial charge in [0.25, 0.3) is 0 Å². The van der Waals surface area contributed by atoms with Crippen LogP contribution in [0.1, 0.15) is 84.1 Å². The van der Waals surface area contributed by atoms with Crippen LogP contribution < -0.4 is 16.8 Å². The van der Waals surface area contributed by atoms with Crippen molar-refractivity contribution in [1.29, 1.82) is 0 Å². The fourth-order valence-electron chi connectivity index (χ4n) is 3.67. The van der Waals surface area contributed by atoms with Gasteiger partial charge in [0.05, 0.1) is 6.54 Å². The van der Waals surface area contributed by atoms with E-state index in [-0.39, 0.29) is 24.3 Å². The molecule has 1 aliphatic heterocycles. The van der Waals surface area contributed by atoms with E-state index < -0.39 is 0 Å². The second kappa shape index (κ2) is 21.8. The molecule has 0 unspecified atom stereocenters. The molecule has 206 valence electrons. The molecule has 3 amide bonds. The van der Waals surface area contributed by atoms with E-state index in [1.165, 1.54) is 44.9 Å². The lowest BCUT2D eigenvalue weighted by molar-refractivity contribution is -0.132. The maximum Gasteiger partial charge on any atom is 0.238 e. The van der Waals surface area contributed by atoms with Crippen LogP contribution >= 0.6 is 0 Å². The van der Waals surface area contributed by atoms with E-state index in [1.807, 2.05) is 43.0 Å². The number of aryl methyl sites for hydroxylation is 1. The van der Waals surface area contributed by atoms with Crippen LogP contribution in [0, 0.1) is 0 Å². The molecule has 2 fully saturated rings. The first-order valence-corrected chi connectivity index (χ1v) is 13.7. The first-order valence-electron chi connectivity index (χ1n) is 13.7. The van der Waals surface area contributed by atoms with Gasteiger partial charge in [-0.2, -0.15) is 0 Å². The monoisotopic (exact) mass is 505 g/mol. The molecule has 0 atom stereocenters. The van der Waals surface area contributed by atoms with Gasteiger partial charge in [-0.05, 0) is 31.2 Å². The molecule has 1 aliphatic carbocycles. The van der Waals surface area contributed by atoms with Crippen molar-refractivity contribution in [3.63, 3.8) is 0 Å². The van der Waals surface area contributed by atoms with Crippen molar-refractivity contribution in [3.05, 3.63) is 29.8 Å². The Kier molecular flexibility index (Phi) is 20.3. The summed E-state index contributed by atoms with van der Waals surface area (Å²) in [5.41, 5.74) is 11.7. The Balaban J connectivity index is 0.000000715. The van der Waals surface area contributed by atoms with E-state index in [1.54, 1.807) is 6.92 Å². The third-order valence-electron chi connectivity index (χ3n) is 6.01. The Morgan fingerprint density at radius 3 is 1.69 bits per heavy atom. The topological polar surface area (TPSA) is 122 Å². The van der Waals surface area contributed by atoms with Gasteiger partial charge < -0.3 is 26.6 Å². The van der Waals surface area contributed by atoms with Gasteiger partial charge in [-0.15, -0.1) is 0 Å². The molecule has 1 aromatic carbocycles. The molecule has 0 radical (unpaired) electrons. The van der Waals surface area contributed by atoms with Crippen LogP contribution in [0.2, 0.25) is 0 Å². The predicted molar refractivity (Wildman–Crippen MR) is 150 cm³/mol. The highest BCUT2D eigenvalue weighted by Crippen LogP contribution is 2.15. The summed E-state index contributed by atoms with van der Waals surface area (Å²) in [5.74, 6) is -0.239. The number of likely N-dealkylation sites (N-methyl/N-ethyl adjacent to an activating group) is 1. The van der Waals surface area contributed by atoms with Gasteiger partial charge in [0.15, 0.2) is 0 Å². The van der Waals surface area contributed by atoms with Crippen LogP contribution in [0.4, 0.5) is 5.69 Å². The van der Waals surface area contributed by atoms with Gasteiger partial charge in [0.2, 0.25) is 17.7 Å². The molecule has 0 bridgehead atoms. The summed E-state index contributed by atoms with van der Waals surface area (Å²) < 4.78 is 0. The second-order valence-corrected chi connectivity index (χ2v) is 8.93. The Bertz CT molecular complexity index is 697. The van der Waals surface area contributed by atoms with Gasteiger partial charge >= 0.3 is 0 Å². The van der Waals surface area contributed by atoms with Crippen LogP contribution in [-0.4, -0.2) is 67.3 Å². The average Bonchev–Trinajstić information content (AvgIpc) is 3.23. The van der Waals surface area contributed by atoms with Crippen molar-refractivity contribution in [2.45, 2.75) is 85.0 Å². The maximum absolute atomic E-state index is 12.2. The zero-order valence-electron chi connectivity index (χ0n) is 23.2. The van der Waals surface area contributed by atoms with Crippen molar-refractivity contribution < 1.29 is 14.4 Å². The van der Waals surface area contributed by atoms with Crippen LogP contribution in [0.5, 0.6) is 0 Å². The number of nitrogens with one attached hydrogen (secondary N) is 1. The highest BCUT2D eigenvalue weighted by molar-refractivity contribution is 5.92. The number of amides is 3. The minimum absolute atomic E-state index is 0.0265. The molecule has 0 aromatic heterocycles. The molecule has 8 nitrogen and oxygen atoms in total. The molecule has 3 rings (SSSR count). The summed E-state index contributed by atoms with van der Waals surface area (Å²) >= 11 is 0. The number of primary amides is 1. The Hall–Kier alpha value is -2.45. The fourth-order valence-corrected chi connectivity index (χ4v) is 3.67. The number of hydrogen-bond donors (Lipinski definition) is 3. The van der Waals surface area contributed by atoms with Crippen molar-refractivity contribution in [1.82, 2.24) is 9.80 Å². The average molecular weight is 506 g/mol. The van der Waals surface area contributed by atoms with Crippen molar-refractivity contribution in [2.24, 2.45) is 11.5 Å². The number of carbonyl (C=O) groups excluding carboxylic acids is 3. The van der Waals surface area contributed by atoms with E-state index >= 15 is 0 Å². The highest BCUT2D eigenvalue weighted by atomic mass is 16.2. The SMILES string of the molecule is C1CCCCCC1.CC.CCC(N)=O.CN1CCN(C(=O)CCc2ccc(NC(=O)CN)cc2)CC1. The lowest BCUT2D eigenvalue weighted by atomic mass is 10.1. The van der Waals surface area contributed by atoms with Crippen LogP contribution in [0.15, 0.2) is 24.3 Å². The minimum Gasteiger partial charge on any atom is -0.370 e. The lowest BCUT2D eigenvalue weighted by Gasteiger charge is -2.32. The Labute approximate surface area is 219 Å². The summed E-state index contributed by atoms with van der Waals surface area (Å²) in [6, 6.07) is 7.54. The molecule has 5 N–H and O–H groups in total. The number of anilines is 1. The first kappa shape index (κ1) is 33.5. The zero-order chi connectivity index (χ0) is 27.2. The molecular weight excluding hydrogens is 454 g/mol. The van der Waals surface area contributed by atoms with E-state index in [9.17, 15) is 14.4 Å². The van der Waals surface area contributed by atoms with Gasteiger partial charge in [0, 0.05) is 44.7 Å². The number of nitrogens with zero attached hydrogens (tertiary/aromatic N) is 2. The molecule has 2 aliphatic rings. The summed E-state index contributed by atoms with van der Waals surface area (Å²) in [7, 11) is 2.08. The molecule has 1 saturated carbocycles. The normalized spacial score (nSPS) is 15.4. The van der Waals surface area contributed by atoms with Crippen molar-refractivity contribution in [2.75, 3.05) is 45.1 Å². The number of nitrogens with two attached hydrogens (primary N) is 2. The van der Waals surface area contributed by atoms with E-state index in [4.69, 9.17) is 5.73 Å². The quantitative estimate of drug-likeness (QED) is 0.506. The number of carbonyl (C=O) groups is 3. The van der Waals surface area contributed by atoms with E-state index in [0.29, 0.717) is 12.8 Å². The smallest absolute Gasteiger partial charge is 0.238 e. The van der Waals surface area contributed by atoms with Gasteiger partial charge in [-0.25, -0.2) is 0 Å². The van der Waals surface area contributed by atoms with Crippen molar-refractivity contribution in [3.8, 4) is 0 Å². The second-order valence-electron chi connectivity index (χ2n) is 8.93. The lowest BCUT2D eigenvalue weighted by Crippen LogP contribution is -2.47. The summed E-state index contributed by atoms with van der Waals surface area (Å²) in [6.07, 6.45) is 12.2. The Morgan fingerprint density at radius 2 is 1.31 bits per heavy atom. The molecule has 1 heterocycles. The fraction of sp³-hybridized carbons (Fsp3) is 0.679. The summed E-state index contributed by atoms with van der Waals surface area (Å²) in [6.45, 7) is 9.23. The number of benzene rings is 1. The van der Waals surface area contributed by atoms with Gasteiger partial charge in [-0.1, -0.05) is 77.8 Å². The van der Waals surface area contributed by atoms with Crippen molar-refractivity contribution >= 4 is 23.4 Å². The predicted octanol–water partition coefficient (Wildman–Crippen LogP) is 3.93. The molecule has 0 spiro atoms. The summed E-state index contributed by atoms with van der Waals surface area (Å²) in [4.78, 5) is 37.1. The molecular formula is C28H51N5O3. The van der Waals surface area contributed by atoms with Gasteiger partial charge in [0.1, 0.15) is 0 Å². The highest BCUT2D eigenvalue weighted by Gasteiger charge is 2.18. The minimum atomic E-state index is -0.245. The molecule has 36 heavy (non-hydrogen) atoms. The molecule has 1 aromatic rings. The van der Waals surface area contributed by atoms with Gasteiger partial charge in [-0.3, -0.25) is 14.4 Å². The molecule has 8 heteroatoms. The van der Waals surface area contributed by atoms with Crippen LogP contribution in [0.3, 0.4) is 0 Å². The van der Waals surface area contributed by atoms with E-state index in [2.05, 4.69) is 23.0 Å². The number of rotatable bonds is 6. The first-order chi connectivity index (χ1) is 17.3. The van der Waals surface area contributed by atoms with Crippen LogP contribution in [0.25, 0.3) is 0 Å². The number of piperazine rings is 1. The third kappa shape index (κ3) is 17.1. The zero-order valence-corrected chi connectivity index (χ0v) is 23.2. The molecule has 1 saturated heterocycles. The standard InChI is InChI=1S/C16H24N4O2.C7H14.C3H7NO.C2H6/c1-19-8-10-20(11-9-19)16(22)7-4-13-2-5-14(6-3-13)18-15(21)12-17;1-2-4-6-7-5-3-1;1-2-3(4)5;1-2/h2-3,5-6H,4,7-12,17H2,1H3,(H,18,21);1-7H2;2H2,1H3,(H2,4,5);1-2H3. The Morgan fingerprint density at radius 1 is 0.861 bits per heavy atom. The largest absolute Gasteiger partial charge is 0.370 e. The van der Waals surface area contributed by atoms with E-state index in [0.717, 1.165) is 43.9 Å². The number of hydrogen-bond acceptors (Lipinski definition) is 5. The summed E-state index contributed by atoms with van der Waals surface area (Å²) in [5, 5.41) is 2.70. The third-order valence-corrected chi connectivity index (χ3v) is 6.01. The maximum atomic E-state index is 12.2. The van der Waals surface area contributed by atoms with Crippen LogP contribution in [-0.2, 0) is 20.8 Å².